The van der Waals surface area contributed by atoms with Gasteiger partial charge in [0, 0.05) is 30.4 Å². The van der Waals surface area contributed by atoms with Crippen molar-refractivity contribution < 1.29 is 24.0 Å². The van der Waals surface area contributed by atoms with Gasteiger partial charge in [-0.2, -0.15) is 0 Å². The molecule has 1 amide bonds. The van der Waals surface area contributed by atoms with Crippen LogP contribution in [0.5, 0.6) is 5.75 Å². The van der Waals surface area contributed by atoms with Crippen LogP contribution in [0.1, 0.15) is 15.9 Å². The number of nitro groups is 1. The average Bonchev–Trinajstić information content (AvgIpc) is 2.67. The lowest BCUT2D eigenvalue weighted by Crippen LogP contribution is -2.43. The van der Waals surface area contributed by atoms with Gasteiger partial charge in [0.25, 0.3) is 5.91 Å². The van der Waals surface area contributed by atoms with Crippen molar-refractivity contribution in [3.05, 3.63) is 64.0 Å². The molecule has 136 valence electrons. The van der Waals surface area contributed by atoms with Gasteiger partial charge in [0.05, 0.1) is 19.1 Å². The van der Waals surface area contributed by atoms with E-state index in [-0.39, 0.29) is 17.9 Å². The Bertz CT molecular complexity index is 809. The number of aromatic nitrogens is 1. The number of pyridine rings is 1. The Morgan fingerprint density at radius 2 is 1.92 bits per heavy atom. The molecule has 2 aromatic rings. The molecular weight excluding hydrogens is 342 g/mol. The number of esters is 1. The van der Waals surface area contributed by atoms with Crippen LogP contribution in [0.3, 0.4) is 0 Å². The molecule has 0 radical (unpaired) electrons. The van der Waals surface area contributed by atoms with E-state index in [1.165, 1.54) is 50.9 Å². The van der Waals surface area contributed by atoms with Crippen LogP contribution >= 0.6 is 0 Å². The maximum absolute atomic E-state index is 12.3. The van der Waals surface area contributed by atoms with Crippen LogP contribution < -0.4 is 10.1 Å². The molecule has 0 aliphatic heterocycles. The Morgan fingerprint density at radius 1 is 1.23 bits per heavy atom. The predicted molar refractivity (Wildman–Crippen MR) is 90.9 cm³/mol. The summed E-state index contributed by atoms with van der Waals surface area (Å²) < 4.78 is 9.67. The van der Waals surface area contributed by atoms with E-state index in [0.29, 0.717) is 11.1 Å². The van der Waals surface area contributed by atoms with Gasteiger partial charge >= 0.3 is 11.7 Å². The maximum atomic E-state index is 12.3. The molecule has 0 aliphatic carbocycles. The van der Waals surface area contributed by atoms with Crippen molar-refractivity contribution in [2.45, 2.75) is 12.5 Å². The lowest BCUT2D eigenvalue weighted by molar-refractivity contribution is -0.385. The van der Waals surface area contributed by atoms with Gasteiger partial charge in [-0.05, 0) is 23.8 Å². The van der Waals surface area contributed by atoms with Crippen molar-refractivity contribution in [1.29, 1.82) is 0 Å². The first kappa shape index (κ1) is 18.8. The molecule has 1 aromatic carbocycles. The molecule has 0 saturated heterocycles. The standard InChI is InChI=1S/C17H17N3O6/c1-25-15-4-3-11(10-14(15)20(23)24)9-13(17(22)26-2)19-16(21)12-5-7-18-8-6-12/h3-8,10,13H,9H2,1-2H3,(H,19,21)/t13-/m0/s1. The van der Waals surface area contributed by atoms with Crippen LogP contribution in [0.15, 0.2) is 42.7 Å². The molecule has 0 aliphatic rings. The smallest absolute Gasteiger partial charge is 0.328 e. The van der Waals surface area contributed by atoms with Crippen LogP contribution in [0.4, 0.5) is 5.69 Å². The number of nitrogens with one attached hydrogen (secondary N) is 1. The number of amides is 1. The molecule has 9 nitrogen and oxygen atoms in total. The van der Waals surface area contributed by atoms with Gasteiger partial charge in [0.1, 0.15) is 6.04 Å². The summed E-state index contributed by atoms with van der Waals surface area (Å²) in [6, 6.07) is 6.32. The number of methoxy groups -OCH3 is 2. The first-order valence-corrected chi connectivity index (χ1v) is 7.56. The minimum Gasteiger partial charge on any atom is -0.490 e. The van der Waals surface area contributed by atoms with Crippen molar-refractivity contribution in [2.75, 3.05) is 14.2 Å². The Kier molecular flexibility index (Phi) is 6.20. The fourth-order valence-electron chi connectivity index (χ4n) is 2.32. The highest BCUT2D eigenvalue weighted by atomic mass is 16.6. The van der Waals surface area contributed by atoms with Crippen molar-refractivity contribution in [2.24, 2.45) is 0 Å². The van der Waals surface area contributed by atoms with Gasteiger partial charge in [-0.25, -0.2) is 4.79 Å². The summed E-state index contributed by atoms with van der Waals surface area (Å²) >= 11 is 0. The van der Waals surface area contributed by atoms with Gasteiger partial charge in [-0.3, -0.25) is 19.9 Å². The first-order valence-electron chi connectivity index (χ1n) is 7.56. The molecule has 0 spiro atoms. The molecule has 0 bridgehead atoms. The van der Waals surface area contributed by atoms with Gasteiger partial charge in [0.15, 0.2) is 5.75 Å². The maximum Gasteiger partial charge on any atom is 0.328 e. The van der Waals surface area contributed by atoms with Gasteiger partial charge in [-0.1, -0.05) is 6.07 Å². The highest BCUT2D eigenvalue weighted by Gasteiger charge is 2.24. The lowest BCUT2D eigenvalue weighted by atomic mass is 10.0. The van der Waals surface area contributed by atoms with E-state index in [4.69, 9.17) is 9.47 Å². The number of hydrogen-bond donors (Lipinski definition) is 1. The molecule has 0 saturated carbocycles. The molecule has 0 fully saturated rings. The second-order valence-electron chi connectivity index (χ2n) is 5.25. The third-order valence-electron chi connectivity index (χ3n) is 3.61. The number of ether oxygens (including phenoxy) is 2. The summed E-state index contributed by atoms with van der Waals surface area (Å²) in [6.45, 7) is 0. The topological polar surface area (TPSA) is 121 Å². The summed E-state index contributed by atoms with van der Waals surface area (Å²) in [5, 5.41) is 13.7. The normalized spacial score (nSPS) is 11.3. The largest absolute Gasteiger partial charge is 0.490 e. The van der Waals surface area contributed by atoms with Gasteiger partial charge in [-0.15, -0.1) is 0 Å². The number of carbonyl (C=O) groups is 2. The summed E-state index contributed by atoms with van der Waals surface area (Å²) in [5.41, 5.74) is 0.576. The van der Waals surface area contributed by atoms with E-state index in [2.05, 4.69) is 10.3 Å². The molecule has 1 N–H and O–H groups in total. The third-order valence-corrected chi connectivity index (χ3v) is 3.61. The quantitative estimate of drug-likeness (QED) is 0.452. The minimum absolute atomic E-state index is 0.0222. The zero-order valence-corrected chi connectivity index (χ0v) is 14.2. The number of nitro benzene ring substituents is 1. The molecule has 1 aromatic heterocycles. The Hall–Kier alpha value is -3.49. The van der Waals surface area contributed by atoms with Gasteiger partial charge in [0.2, 0.25) is 0 Å². The van der Waals surface area contributed by atoms with Crippen LogP contribution in [0, 0.1) is 10.1 Å². The number of benzene rings is 1. The van der Waals surface area contributed by atoms with E-state index < -0.39 is 22.8 Å². The molecule has 0 unspecified atom stereocenters. The first-order chi connectivity index (χ1) is 12.5. The molecule has 26 heavy (non-hydrogen) atoms. The van der Waals surface area contributed by atoms with E-state index in [0.717, 1.165) is 0 Å². The van der Waals surface area contributed by atoms with Crippen LogP contribution in [-0.2, 0) is 16.0 Å². The second-order valence-corrected chi connectivity index (χ2v) is 5.25. The Morgan fingerprint density at radius 3 is 2.50 bits per heavy atom. The minimum atomic E-state index is -1.01. The molecule has 2 rings (SSSR count). The highest BCUT2D eigenvalue weighted by molar-refractivity contribution is 5.96. The van der Waals surface area contributed by atoms with E-state index >= 15 is 0 Å². The predicted octanol–water partition coefficient (Wildman–Crippen LogP) is 1.51. The monoisotopic (exact) mass is 359 g/mol. The molecular formula is C17H17N3O6. The Labute approximate surface area is 149 Å². The second kappa shape index (κ2) is 8.56. The zero-order chi connectivity index (χ0) is 19.1. The fraction of sp³-hybridized carbons (Fsp3) is 0.235. The van der Waals surface area contributed by atoms with Crippen LogP contribution in [-0.4, -0.2) is 42.0 Å². The average molecular weight is 359 g/mol. The molecule has 9 heteroatoms. The number of rotatable bonds is 7. The van der Waals surface area contributed by atoms with Crippen LogP contribution in [0.2, 0.25) is 0 Å². The summed E-state index contributed by atoms with van der Waals surface area (Å²) in [7, 11) is 2.53. The number of carbonyl (C=O) groups excluding carboxylic acids is 2. The molecule has 1 atom stereocenters. The van der Waals surface area contributed by atoms with Crippen molar-refractivity contribution in [3.8, 4) is 5.75 Å². The fourth-order valence-corrected chi connectivity index (χ4v) is 2.32. The van der Waals surface area contributed by atoms with E-state index in [9.17, 15) is 19.7 Å². The highest BCUT2D eigenvalue weighted by Crippen LogP contribution is 2.28. The van der Waals surface area contributed by atoms with Gasteiger partial charge < -0.3 is 14.8 Å². The van der Waals surface area contributed by atoms with Crippen molar-refractivity contribution in [3.63, 3.8) is 0 Å². The third kappa shape index (κ3) is 4.53. The van der Waals surface area contributed by atoms with Crippen LogP contribution in [0.25, 0.3) is 0 Å². The van der Waals surface area contributed by atoms with E-state index in [1.54, 1.807) is 6.07 Å². The number of hydrogen-bond acceptors (Lipinski definition) is 7. The van der Waals surface area contributed by atoms with Crippen molar-refractivity contribution >= 4 is 17.6 Å². The summed E-state index contributed by atoms with van der Waals surface area (Å²) in [4.78, 5) is 38.7. The molecule has 1 heterocycles. The Balaban J connectivity index is 2.23. The summed E-state index contributed by atoms with van der Waals surface area (Å²) in [5.74, 6) is -1.04. The lowest BCUT2D eigenvalue weighted by Gasteiger charge is -2.17. The van der Waals surface area contributed by atoms with Crippen molar-refractivity contribution in [1.82, 2.24) is 10.3 Å². The number of nitrogens with zero attached hydrogens (tertiary/aromatic N) is 2. The van der Waals surface area contributed by atoms with E-state index in [1.807, 2.05) is 0 Å². The zero-order valence-electron chi connectivity index (χ0n) is 14.2. The SMILES string of the molecule is COC(=O)[C@H](Cc1ccc(OC)c([N+](=O)[O-])c1)NC(=O)c1ccncc1. The summed E-state index contributed by atoms with van der Waals surface area (Å²) in [6.07, 6.45) is 2.93.